The van der Waals surface area contributed by atoms with E-state index in [0.29, 0.717) is 34.5 Å². The maximum Gasteiger partial charge on any atom is 0.258 e. The molecule has 2 amide bonds. The van der Waals surface area contributed by atoms with E-state index in [2.05, 4.69) is 20.8 Å². The maximum atomic E-state index is 12.5. The Balaban J connectivity index is 0.00000272. The molecular formula is C23H22N4O4. The van der Waals surface area contributed by atoms with Crippen LogP contribution >= 0.6 is 0 Å². The van der Waals surface area contributed by atoms with Gasteiger partial charge in [-0.15, -0.1) is 0 Å². The molecule has 0 unspecified atom stereocenters. The van der Waals surface area contributed by atoms with Crippen LogP contribution in [0.25, 0.3) is 10.8 Å². The summed E-state index contributed by atoms with van der Waals surface area (Å²) in [5, 5.41) is 10.8. The van der Waals surface area contributed by atoms with Crippen LogP contribution in [0.15, 0.2) is 65.3 Å². The lowest BCUT2D eigenvalue weighted by atomic mass is 10.1. The minimum atomic E-state index is -0.298. The Bertz CT molecular complexity index is 1250. The fourth-order valence-electron chi connectivity index (χ4n) is 2.90. The SMILES string of the molecule is C.CC(=O)Nc1cc(Oc2ccc3ccc(C(=O)Nc4cc(C)no4)cc3c2)ccn1. The van der Waals surface area contributed by atoms with Gasteiger partial charge in [0.2, 0.25) is 11.8 Å². The molecule has 0 spiro atoms. The second-order valence-electron chi connectivity index (χ2n) is 6.67. The number of carbonyl (C=O) groups excluding carboxylic acids is 2. The van der Waals surface area contributed by atoms with Crippen molar-refractivity contribution in [2.45, 2.75) is 21.3 Å². The molecule has 0 saturated heterocycles. The van der Waals surface area contributed by atoms with Crippen molar-refractivity contribution in [1.29, 1.82) is 0 Å². The van der Waals surface area contributed by atoms with Crippen LogP contribution in [0.2, 0.25) is 0 Å². The molecule has 8 heteroatoms. The van der Waals surface area contributed by atoms with Crippen molar-refractivity contribution in [3.8, 4) is 11.5 Å². The third-order valence-electron chi connectivity index (χ3n) is 4.21. The standard InChI is InChI=1S/C22H18N4O4.CH4/c1-13-9-21(30-26-13)25-22(28)16-4-3-15-5-6-18(11-17(15)10-16)29-19-7-8-23-20(12-19)24-14(2)27;/h3-12H,1-2H3,(H,25,28)(H,23,24,27);1H4. The molecule has 0 aliphatic carbocycles. The van der Waals surface area contributed by atoms with E-state index in [0.717, 1.165) is 10.8 Å². The highest BCUT2D eigenvalue weighted by Crippen LogP contribution is 2.27. The number of benzene rings is 2. The first-order chi connectivity index (χ1) is 14.5. The predicted molar refractivity (Wildman–Crippen MR) is 118 cm³/mol. The van der Waals surface area contributed by atoms with Crippen LogP contribution in [-0.4, -0.2) is 22.0 Å². The lowest BCUT2D eigenvalue weighted by Gasteiger charge is -2.09. The molecule has 0 atom stereocenters. The van der Waals surface area contributed by atoms with Gasteiger partial charge in [0.15, 0.2) is 0 Å². The molecule has 2 aromatic heterocycles. The van der Waals surface area contributed by atoms with Gasteiger partial charge in [0, 0.05) is 30.8 Å². The highest BCUT2D eigenvalue weighted by Gasteiger charge is 2.10. The number of nitrogens with zero attached hydrogens (tertiary/aromatic N) is 2. The maximum absolute atomic E-state index is 12.5. The monoisotopic (exact) mass is 418 g/mol. The molecule has 31 heavy (non-hydrogen) atoms. The first-order valence-electron chi connectivity index (χ1n) is 9.16. The predicted octanol–water partition coefficient (Wildman–Crippen LogP) is 5.17. The number of aromatic nitrogens is 2. The van der Waals surface area contributed by atoms with Gasteiger partial charge in [0.05, 0.1) is 5.69 Å². The van der Waals surface area contributed by atoms with E-state index in [9.17, 15) is 9.59 Å². The molecule has 0 aliphatic heterocycles. The van der Waals surface area contributed by atoms with E-state index in [1.807, 2.05) is 24.3 Å². The summed E-state index contributed by atoms with van der Waals surface area (Å²) >= 11 is 0. The van der Waals surface area contributed by atoms with Crippen molar-refractivity contribution >= 4 is 34.3 Å². The first kappa shape index (κ1) is 21.5. The van der Waals surface area contributed by atoms with Crippen LogP contribution in [0.5, 0.6) is 11.5 Å². The lowest BCUT2D eigenvalue weighted by molar-refractivity contribution is -0.114. The molecule has 0 saturated carbocycles. The van der Waals surface area contributed by atoms with Gasteiger partial charge < -0.3 is 14.6 Å². The smallest absolute Gasteiger partial charge is 0.258 e. The highest BCUT2D eigenvalue weighted by atomic mass is 16.5. The number of fused-ring (bicyclic) bond motifs is 1. The number of hydrogen-bond acceptors (Lipinski definition) is 6. The molecule has 4 aromatic rings. The number of hydrogen-bond donors (Lipinski definition) is 2. The number of pyridine rings is 1. The minimum absolute atomic E-state index is 0. The summed E-state index contributed by atoms with van der Waals surface area (Å²) in [5.74, 6) is 1.31. The fourth-order valence-corrected chi connectivity index (χ4v) is 2.90. The van der Waals surface area contributed by atoms with E-state index in [1.165, 1.54) is 6.92 Å². The van der Waals surface area contributed by atoms with Crippen LogP contribution in [-0.2, 0) is 4.79 Å². The average molecular weight is 418 g/mol. The van der Waals surface area contributed by atoms with Crippen LogP contribution in [0.1, 0.15) is 30.4 Å². The Morgan fingerprint density at radius 1 is 0.935 bits per heavy atom. The Morgan fingerprint density at radius 3 is 2.45 bits per heavy atom. The van der Waals surface area contributed by atoms with E-state index in [1.54, 1.807) is 43.5 Å². The van der Waals surface area contributed by atoms with Gasteiger partial charge in [-0.1, -0.05) is 24.7 Å². The van der Waals surface area contributed by atoms with Crippen molar-refractivity contribution in [1.82, 2.24) is 10.1 Å². The Kier molecular flexibility index (Phi) is 6.30. The second-order valence-corrected chi connectivity index (χ2v) is 6.67. The van der Waals surface area contributed by atoms with Gasteiger partial charge in [-0.25, -0.2) is 4.98 Å². The molecule has 2 aromatic carbocycles. The lowest BCUT2D eigenvalue weighted by Crippen LogP contribution is -2.11. The number of amides is 2. The third-order valence-corrected chi connectivity index (χ3v) is 4.21. The van der Waals surface area contributed by atoms with E-state index < -0.39 is 0 Å². The summed E-state index contributed by atoms with van der Waals surface area (Å²) in [6, 6.07) is 15.9. The topological polar surface area (TPSA) is 106 Å². The van der Waals surface area contributed by atoms with Crippen LogP contribution < -0.4 is 15.4 Å². The molecule has 2 N–H and O–H groups in total. The molecule has 4 rings (SSSR count). The third kappa shape index (κ3) is 5.24. The van der Waals surface area contributed by atoms with E-state index in [4.69, 9.17) is 9.26 Å². The molecule has 0 radical (unpaired) electrons. The Labute approximate surface area is 179 Å². The molecule has 0 fully saturated rings. The number of nitrogens with one attached hydrogen (secondary N) is 2. The molecule has 8 nitrogen and oxygen atoms in total. The van der Waals surface area contributed by atoms with E-state index in [-0.39, 0.29) is 19.2 Å². The van der Waals surface area contributed by atoms with Gasteiger partial charge in [-0.2, -0.15) is 0 Å². The normalized spacial score (nSPS) is 10.3. The molecule has 2 heterocycles. The van der Waals surface area contributed by atoms with Gasteiger partial charge in [-0.05, 0) is 48.0 Å². The Hall–Kier alpha value is -4.20. The van der Waals surface area contributed by atoms with Gasteiger partial charge >= 0.3 is 0 Å². The second kappa shape index (κ2) is 9.08. The number of aryl methyl sites for hydroxylation is 1. The zero-order chi connectivity index (χ0) is 21.1. The number of rotatable bonds is 5. The molecular weight excluding hydrogens is 396 g/mol. The zero-order valence-electron chi connectivity index (χ0n) is 16.3. The summed E-state index contributed by atoms with van der Waals surface area (Å²) in [4.78, 5) is 27.8. The van der Waals surface area contributed by atoms with Gasteiger partial charge in [0.25, 0.3) is 5.91 Å². The largest absolute Gasteiger partial charge is 0.457 e. The summed E-state index contributed by atoms with van der Waals surface area (Å²) in [5.41, 5.74) is 1.16. The first-order valence-corrected chi connectivity index (χ1v) is 9.16. The average Bonchev–Trinajstić information content (AvgIpc) is 3.11. The van der Waals surface area contributed by atoms with Gasteiger partial charge in [0.1, 0.15) is 17.3 Å². The minimum Gasteiger partial charge on any atom is -0.457 e. The summed E-state index contributed by atoms with van der Waals surface area (Å²) < 4.78 is 10.9. The molecule has 158 valence electrons. The zero-order valence-corrected chi connectivity index (χ0v) is 16.3. The van der Waals surface area contributed by atoms with Crippen LogP contribution in [0, 0.1) is 6.92 Å². The van der Waals surface area contributed by atoms with Crippen molar-refractivity contribution in [2.24, 2.45) is 0 Å². The number of ether oxygens (including phenoxy) is 1. The number of anilines is 2. The summed E-state index contributed by atoms with van der Waals surface area (Å²) in [7, 11) is 0. The molecule has 0 bridgehead atoms. The number of carbonyl (C=O) groups is 2. The fraction of sp³-hybridized carbons (Fsp3) is 0.130. The quantitative estimate of drug-likeness (QED) is 0.463. The highest BCUT2D eigenvalue weighted by molar-refractivity contribution is 6.06. The van der Waals surface area contributed by atoms with Crippen molar-refractivity contribution in [3.63, 3.8) is 0 Å². The van der Waals surface area contributed by atoms with Crippen LogP contribution in [0.3, 0.4) is 0 Å². The van der Waals surface area contributed by atoms with Gasteiger partial charge in [-0.3, -0.25) is 14.9 Å². The Morgan fingerprint density at radius 2 is 1.71 bits per heavy atom. The summed E-state index contributed by atoms with van der Waals surface area (Å²) in [6.45, 7) is 3.19. The molecule has 0 aliphatic rings. The van der Waals surface area contributed by atoms with Crippen molar-refractivity contribution in [2.75, 3.05) is 10.6 Å². The van der Waals surface area contributed by atoms with Crippen LogP contribution in [0.4, 0.5) is 11.7 Å². The van der Waals surface area contributed by atoms with Crippen molar-refractivity contribution < 1.29 is 18.8 Å². The van der Waals surface area contributed by atoms with E-state index >= 15 is 0 Å². The van der Waals surface area contributed by atoms with Crippen molar-refractivity contribution in [3.05, 3.63) is 72.1 Å². The summed E-state index contributed by atoms with van der Waals surface area (Å²) in [6.07, 6.45) is 1.55.